The van der Waals surface area contributed by atoms with Gasteiger partial charge in [0.1, 0.15) is 0 Å². The van der Waals surface area contributed by atoms with E-state index in [-0.39, 0.29) is 24.4 Å². The van der Waals surface area contributed by atoms with Crippen LogP contribution in [0.2, 0.25) is 0 Å². The monoisotopic (exact) mass is 270 g/mol. The Kier molecular flexibility index (Phi) is 7.64. The molecule has 3 nitrogen and oxygen atoms in total. The van der Waals surface area contributed by atoms with Crippen LogP contribution in [0.3, 0.4) is 0 Å². The zero-order chi connectivity index (χ0) is 12.8. The summed E-state index contributed by atoms with van der Waals surface area (Å²) in [4.78, 5) is 11.8. The van der Waals surface area contributed by atoms with Crippen molar-refractivity contribution in [2.75, 3.05) is 0 Å². The average Bonchev–Trinajstić information content (AvgIpc) is 2.35. The van der Waals surface area contributed by atoms with Crippen LogP contribution in [0.25, 0.3) is 0 Å². The lowest BCUT2D eigenvalue weighted by molar-refractivity contribution is -0.123. The van der Waals surface area contributed by atoms with E-state index in [9.17, 15) is 4.79 Å². The van der Waals surface area contributed by atoms with Gasteiger partial charge in [0.25, 0.3) is 0 Å². The summed E-state index contributed by atoms with van der Waals surface area (Å²) < 4.78 is 0. The lowest BCUT2D eigenvalue weighted by atomic mass is 9.95. The second-order valence-electron chi connectivity index (χ2n) is 4.66. The molecule has 0 radical (unpaired) electrons. The number of hydrogen-bond donors (Lipinski definition) is 2. The van der Waals surface area contributed by atoms with E-state index in [4.69, 9.17) is 5.73 Å². The summed E-state index contributed by atoms with van der Waals surface area (Å²) in [6.07, 6.45) is 0.658. The van der Waals surface area contributed by atoms with Crippen LogP contribution in [-0.2, 0) is 4.79 Å². The summed E-state index contributed by atoms with van der Waals surface area (Å²) in [7, 11) is 0. The van der Waals surface area contributed by atoms with Crippen molar-refractivity contribution >= 4 is 18.3 Å². The maximum atomic E-state index is 11.8. The van der Waals surface area contributed by atoms with Gasteiger partial charge in [-0.1, -0.05) is 51.1 Å². The number of hydrogen-bond acceptors (Lipinski definition) is 2. The molecule has 0 aliphatic rings. The van der Waals surface area contributed by atoms with Gasteiger partial charge in [0.2, 0.25) is 5.91 Å². The summed E-state index contributed by atoms with van der Waals surface area (Å²) in [5, 5.41) is 3.02. The Morgan fingerprint density at radius 1 is 1.28 bits per heavy atom. The fourth-order valence-corrected chi connectivity index (χ4v) is 1.74. The molecule has 0 saturated carbocycles. The van der Waals surface area contributed by atoms with E-state index in [1.807, 2.05) is 37.3 Å². The normalized spacial score (nSPS) is 13.6. The zero-order valence-corrected chi connectivity index (χ0v) is 12.0. The highest BCUT2D eigenvalue weighted by molar-refractivity contribution is 5.85. The summed E-state index contributed by atoms with van der Waals surface area (Å²) in [6.45, 7) is 6.10. The molecule has 1 rings (SSSR count). The Labute approximate surface area is 116 Å². The molecule has 0 spiro atoms. The third-order valence-electron chi connectivity index (χ3n) is 2.90. The Morgan fingerprint density at radius 2 is 1.83 bits per heavy atom. The Morgan fingerprint density at radius 3 is 2.28 bits per heavy atom. The molecule has 1 aromatic carbocycles. The summed E-state index contributed by atoms with van der Waals surface area (Å²) in [5.74, 6) is 0.264. The van der Waals surface area contributed by atoms with Gasteiger partial charge in [-0.05, 0) is 17.9 Å². The highest BCUT2D eigenvalue weighted by Crippen LogP contribution is 2.21. The number of carbonyl (C=O) groups excluding carboxylic acids is 1. The third-order valence-corrected chi connectivity index (χ3v) is 2.90. The Balaban J connectivity index is 0.00000289. The molecule has 1 aromatic rings. The maximum Gasteiger partial charge on any atom is 0.237 e. The van der Waals surface area contributed by atoms with Crippen LogP contribution >= 0.6 is 12.4 Å². The van der Waals surface area contributed by atoms with Crippen molar-refractivity contribution in [3.63, 3.8) is 0 Å². The molecule has 18 heavy (non-hydrogen) atoms. The largest absolute Gasteiger partial charge is 0.348 e. The lowest BCUT2D eigenvalue weighted by Crippen LogP contribution is -2.43. The summed E-state index contributed by atoms with van der Waals surface area (Å²) in [6, 6.07) is 9.61. The molecule has 0 aromatic heterocycles. The Bertz CT molecular complexity index is 354. The number of nitrogens with one attached hydrogen (secondary N) is 1. The van der Waals surface area contributed by atoms with Crippen LogP contribution in [0.15, 0.2) is 30.3 Å². The van der Waals surface area contributed by atoms with Crippen molar-refractivity contribution in [1.29, 1.82) is 0 Å². The first-order valence-corrected chi connectivity index (χ1v) is 6.17. The van der Waals surface area contributed by atoms with E-state index in [0.717, 1.165) is 5.56 Å². The number of amides is 1. The SMILES string of the molecule is CC[C@H](N)C(=O)NC(c1ccccc1)C(C)C.Cl. The van der Waals surface area contributed by atoms with Gasteiger partial charge >= 0.3 is 0 Å². The number of nitrogens with two attached hydrogens (primary N) is 1. The molecule has 0 heterocycles. The van der Waals surface area contributed by atoms with Gasteiger partial charge in [0.15, 0.2) is 0 Å². The molecule has 1 unspecified atom stereocenters. The number of carbonyl (C=O) groups is 1. The van der Waals surface area contributed by atoms with Gasteiger partial charge in [-0.15, -0.1) is 12.4 Å². The van der Waals surface area contributed by atoms with E-state index >= 15 is 0 Å². The van der Waals surface area contributed by atoms with Crippen LogP contribution in [-0.4, -0.2) is 11.9 Å². The van der Waals surface area contributed by atoms with Crippen molar-refractivity contribution in [3.05, 3.63) is 35.9 Å². The Hall–Kier alpha value is -1.06. The van der Waals surface area contributed by atoms with Crippen molar-refractivity contribution < 1.29 is 4.79 Å². The predicted molar refractivity (Wildman–Crippen MR) is 77.7 cm³/mol. The first-order chi connectivity index (χ1) is 8.06. The highest BCUT2D eigenvalue weighted by atomic mass is 35.5. The second kappa shape index (κ2) is 8.11. The van der Waals surface area contributed by atoms with Gasteiger partial charge in [-0.25, -0.2) is 0 Å². The lowest BCUT2D eigenvalue weighted by Gasteiger charge is -2.24. The fraction of sp³-hybridized carbons (Fsp3) is 0.500. The highest BCUT2D eigenvalue weighted by Gasteiger charge is 2.20. The molecule has 102 valence electrons. The molecule has 4 heteroatoms. The molecule has 0 aliphatic heterocycles. The standard InChI is InChI=1S/C14H22N2O.ClH/c1-4-12(15)14(17)16-13(10(2)3)11-8-6-5-7-9-11;/h5-10,12-13H,4,15H2,1-3H3,(H,16,17);1H/t12-,13?;/m0./s1. The maximum absolute atomic E-state index is 11.8. The van der Waals surface area contributed by atoms with Crippen molar-refractivity contribution in [2.45, 2.75) is 39.3 Å². The van der Waals surface area contributed by atoms with E-state index in [2.05, 4.69) is 19.2 Å². The number of benzene rings is 1. The first kappa shape index (κ1) is 16.9. The van der Waals surface area contributed by atoms with Crippen LogP contribution in [0, 0.1) is 5.92 Å². The van der Waals surface area contributed by atoms with E-state index in [0.29, 0.717) is 12.3 Å². The number of halogens is 1. The van der Waals surface area contributed by atoms with E-state index in [1.54, 1.807) is 0 Å². The number of rotatable bonds is 5. The van der Waals surface area contributed by atoms with Crippen molar-refractivity contribution in [3.8, 4) is 0 Å². The summed E-state index contributed by atoms with van der Waals surface area (Å²) >= 11 is 0. The minimum atomic E-state index is -0.417. The molecule has 0 aliphatic carbocycles. The van der Waals surface area contributed by atoms with Gasteiger partial charge in [0, 0.05) is 0 Å². The predicted octanol–water partition coefficient (Wildman–Crippen LogP) is 2.66. The van der Waals surface area contributed by atoms with E-state index in [1.165, 1.54) is 0 Å². The average molecular weight is 271 g/mol. The van der Waals surface area contributed by atoms with Gasteiger partial charge in [0.05, 0.1) is 12.1 Å². The van der Waals surface area contributed by atoms with Crippen LogP contribution < -0.4 is 11.1 Å². The van der Waals surface area contributed by atoms with E-state index < -0.39 is 6.04 Å². The summed E-state index contributed by atoms with van der Waals surface area (Å²) in [5.41, 5.74) is 6.86. The van der Waals surface area contributed by atoms with Crippen LogP contribution in [0.1, 0.15) is 38.8 Å². The molecular weight excluding hydrogens is 248 g/mol. The topological polar surface area (TPSA) is 55.1 Å². The minimum absolute atomic E-state index is 0. The molecule has 3 N–H and O–H groups in total. The minimum Gasteiger partial charge on any atom is -0.348 e. The van der Waals surface area contributed by atoms with Gasteiger partial charge < -0.3 is 11.1 Å². The molecule has 2 atom stereocenters. The molecule has 0 bridgehead atoms. The van der Waals surface area contributed by atoms with Crippen LogP contribution in [0.4, 0.5) is 0 Å². The molecule has 0 fully saturated rings. The molecule has 1 amide bonds. The second-order valence-corrected chi connectivity index (χ2v) is 4.66. The molecular formula is C14H23ClN2O. The zero-order valence-electron chi connectivity index (χ0n) is 11.2. The van der Waals surface area contributed by atoms with Crippen molar-refractivity contribution in [2.24, 2.45) is 11.7 Å². The van der Waals surface area contributed by atoms with Crippen LogP contribution in [0.5, 0.6) is 0 Å². The quantitative estimate of drug-likeness (QED) is 0.864. The van der Waals surface area contributed by atoms with Gasteiger partial charge in [-0.2, -0.15) is 0 Å². The first-order valence-electron chi connectivity index (χ1n) is 6.17. The molecule has 0 saturated heterocycles. The van der Waals surface area contributed by atoms with Gasteiger partial charge in [-0.3, -0.25) is 4.79 Å². The smallest absolute Gasteiger partial charge is 0.237 e. The fourth-order valence-electron chi connectivity index (χ4n) is 1.74. The third kappa shape index (κ3) is 4.67. The van der Waals surface area contributed by atoms with Crippen molar-refractivity contribution in [1.82, 2.24) is 5.32 Å².